The van der Waals surface area contributed by atoms with Crippen LogP contribution in [-0.2, 0) is 4.75 Å². The van der Waals surface area contributed by atoms with Gasteiger partial charge in [-0.3, -0.25) is 0 Å². The third-order valence-electron chi connectivity index (χ3n) is 6.25. The molecule has 4 rings (SSSR count). The molecule has 2 N–H and O–H groups in total. The Morgan fingerprint density at radius 3 is 2.22 bits per heavy atom. The number of carboxylic acid groups (broad SMARTS) is 1. The van der Waals surface area contributed by atoms with Crippen LogP contribution >= 0.6 is 11.8 Å². The van der Waals surface area contributed by atoms with Crippen LogP contribution in [-0.4, -0.2) is 33.3 Å². The molecule has 1 aliphatic rings. The van der Waals surface area contributed by atoms with Gasteiger partial charge in [0.25, 0.3) is 0 Å². The molecule has 0 bridgehead atoms. The maximum atomic E-state index is 11.5. The summed E-state index contributed by atoms with van der Waals surface area (Å²) in [5.74, 6) is 0.727. The smallest absolute Gasteiger partial charge is 0.341 e. The molecule has 3 aromatic rings. The number of carboxylic acids is 1. The number of hydrogen-bond donors (Lipinski definition) is 2. The highest BCUT2D eigenvalue weighted by atomic mass is 32.2. The van der Waals surface area contributed by atoms with Gasteiger partial charge in [0.2, 0.25) is 0 Å². The Labute approximate surface area is 193 Å². The van der Waals surface area contributed by atoms with Crippen LogP contribution in [0.15, 0.2) is 73.2 Å². The number of carbonyl (C=O) groups is 1. The molecule has 0 amide bonds. The van der Waals surface area contributed by atoms with E-state index in [4.69, 9.17) is 0 Å². The van der Waals surface area contributed by atoms with E-state index < -0.39 is 5.97 Å². The third-order valence-corrected chi connectivity index (χ3v) is 7.92. The van der Waals surface area contributed by atoms with Gasteiger partial charge in [-0.25, -0.2) is 14.8 Å². The van der Waals surface area contributed by atoms with Gasteiger partial charge in [-0.2, -0.15) is 0 Å². The zero-order valence-electron chi connectivity index (χ0n) is 18.1. The van der Waals surface area contributed by atoms with Crippen LogP contribution in [0.3, 0.4) is 0 Å². The molecule has 5 nitrogen and oxygen atoms in total. The summed E-state index contributed by atoms with van der Waals surface area (Å²) in [7, 11) is 0. The van der Waals surface area contributed by atoms with Crippen molar-refractivity contribution >= 4 is 23.5 Å². The van der Waals surface area contributed by atoms with Crippen molar-refractivity contribution in [2.45, 2.75) is 36.9 Å². The first-order valence-electron chi connectivity index (χ1n) is 11.2. The lowest BCUT2D eigenvalue weighted by Gasteiger charge is -2.43. The van der Waals surface area contributed by atoms with Crippen molar-refractivity contribution in [1.29, 1.82) is 0 Å². The fraction of sp³-hybridized carbons (Fsp3) is 0.346. The molecular weight excluding hydrogens is 418 g/mol. The Morgan fingerprint density at radius 2 is 1.62 bits per heavy atom. The number of hydrogen-bond acceptors (Lipinski definition) is 5. The van der Waals surface area contributed by atoms with Gasteiger partial charge in [0.05, 0.1) is 4.75 Å². The van der Waals surface area contributed by atoms with E-state index in [0.29, 0.717) is 18.3 Å². The number of rotatable bonds is 9. The molecule has 0 radical (unpaired) electrons. The van der Waals surface area contributed by atoms with Crippen molar-refractivity contribution in [2.24, 2.45) is 5.92 Å². The SMILES string of the molecule is O=C(O)c1cncnc1NCCSC(c1ccccc1)(c1ccccc1)C1CCCCC1. The normalized spacial score (nSPS) is 14.8. The Balaban J connectivity index is 1.61. The second-order valence-corrected chi connectivity index (χ2v) is 9.51. The number of nitrogens with one attached hydrogen (secondary N) is 1. The topological polar surface area (TPSA) is 75.1 Å². The van der Waals surface area contributed by atoms with Crippen LogP contribution in [0.4, 0.5) is 5.82 Å². The number of aromatic carboxylic acids is 1. The Hall–Kier alpha value is -2.86. The van der Waals surface area contributed by atoms with Crippen LogP contribution in [0.5, 0.6) is 0 Å². The first-order valence-corrected chi connectivity index (χ1v) is 12.2. The van der Waals surface area contributed by atoms with E-state index >= 15 is 0 Å². The molecular formula is C26H29N3O2S. The summed E-state index contributed by atoms with van der Waals surface area (Å²) in [6, 6.07) is 21.7. The molecule has 32 heavy (non-hydrogen) atoms. The van der Waals surface area contributed by atoms with Crippen LogP contribution in [0.1, 0.15) is 53.6 Å². The summed E-state index contributed by atoms with van der Waals surface area (Å²) < 4.78 is -0.133. The Bertz CT molecular complexity index is 968. The van der Waals surface area contributed by atoms with Crippen molar-refractivity contribution in [3.63, 3.8) is 0 Å². The fourth-order valence-electron chi connectivity index (χ4n) is 4.81. The predicted molar refractivity (Wildman–Crippen MR) is 130 cm³/mol. The molecule has 0 spiro atoms. The summed E-state index contributed by atoms with van der Waals surface area (Å²) >= 11 is 1.96. The van der Waals surface area contributed by atoms with E-state index in [2.05, 4.69) is 75.9 Å². The summed E-state index contributed by atoms with van der Waals surface area (Å²) in [5.41, 5.74) is 2.79. The maximum Gasteiger partial charge on any atom is 0.341 e. The molecule has 1 aliphatic carbocycles. The maximum absolute atomic E-state index is 11.5. The molecule has 1 aromatic heterocycles. The summed E-state index contributed by atoms with van der Waals surface area (Å²) in [6.07, 6.45) is 9.02. The average Bonchev–Trinajstić information content (AvgIpc) is 2.86. The van der Waals surface area contributed by atoms with Gasteiger partial charge in [-0.05, 0) is 29.9 Å². The van der Waals surface area contributed by atoms with Crippen LogP contribution < -0.4 is 5.32 Å². The van der Waals surface area contributed by atoms with Gasteiger partial charge in [0, 0.05) is 18.5 Å². The van der Waals surface area contributed by atoms with Crippen molar-refractivity contribution in [3.8, 4) is 0 Å². The molecule has 1 fully saturated rings. The van der Waals surface area contributed by atoms with Gasteiger partial charge < -0.3 is 10.4 Å². The minimum absolute atomic E-state index is 0.0992. The first-order chi connectivity index (χ1) is 15.7. The van der Waals surface area contributed by atoms with E-state index in [1.165, 1.54) is 55.8 Å². The highest BCUT2D eigenvalue weighted by Gasteiger charge is 2.42. The number of aromatic nitrogens is 2. The lowest BCUT2D eigenvalue weighted by atomic mass is 9.72. The van der Waals surface area contributed by atoms with E-state index in [9.17, 15) is 9.90 Å². The quantitative estimate of drug-likeness (QED) is 0.401. The molecule has 166 valence electrons. The second kappa shape index (κ2) is 10.6. The largest absolute Gasteiger partial charge is 0.477 e. The average molecular weight is 448 g/mol. The van der Waals surface area contributed by atoms with Crippen molar-refractivity contribution in [3.05, 3.63) is 89.9 Å². The highest BCUT2D eigenvalue weighted by Crippen LogP contribution is 2.53. The zero-order valence-corrected chi connectivity index (χ0v) is 18.9. The molecule has 1 heterocycles. The molecule has 0 saturated heterocycles. The molecule has 0 unspecified atom stereocenters. The zero-order chi connectivity index (χ0) is 22.2. The number of thioether (sulfide) groups is 1. The van der Waals surface area contributed by atoms with Crippen LogP contribution in [0.2, 0.25) is 0 Å². The van der Waals surface area contributed by atoms with E-state index in [1.807, 2.05) is 11.8 Å². The number of benzene rings is 2. The van der Waals surface area contributed by atoms with Gasteiger partial charge in [-0.15, -0.1) is 11.8 Å². The first kappa shape index (κ1) is 22.3. The summed E-state index contributed by atoms with van der Waals surface area (Å²) in [5, 5.41) is 12.6. The minimum Gasteiger partial charge on any atom is -0.477 e. The van der Waals surface area contributed by atoms with Gasteiger partial charge in [0.15, 0.2) is 0 Å². The minimum atomic E-state index is -1.02. The monoisotopic (exact) mass is 447 g/mol. The predicted octanol–water partition coefficient (Wildman–Crippen LogP) is 5.84. The van der Waals surface area contributed by atoms with Crippen LogP contribution in [0, 0.1) is 5.92 Å². The van der Waals surface area contributed by atoms with Gasteiger partial charge in [0.1, 0.15) is 17.7 Å². The Morgan fingerprint density at radius 1 is 1.00 bits per heavy atom. The number of nitrogens with zero attached hydrogens (tertiary/aromatic N) is 2. The number of anilines is 1. The lowest BCUT2D eigenvalue weighted by Crippen LogP contribution is -2.35. The van der Waals surface area contributed by atoms with Crippen LogP contribution in [0.25, 0.3) is 0 Å². The third kappa shape index (κ3) is 4.80. The van der Waals surface area contributed by atoms with Crippen molar-refractivity contribution in [2.75, 3.05) is 17.6 Å². The van der Waals surface area contributed by atoms with Crippen molar-refractivity contribution < 1.29 is 9.90 Å². The molecule has 0 aliphatic heterocycles. The fourth-order valence-corrected chi connectivity index (χ4v) is 6.41. The molecule has 1 saturated carbocycles. The lowest BCUT2D eigenvalue weighted by molar-refractivity contribution is 0.0697. The molecule has 0 atom stereocenters. The highest BCUT2D eigenvalue weighted by molar-refractivity contribution is 8.00. The van der Waals surface area contributed by atoms with E-state index in [1.54, 1.807) is 0 Å². The van der Waals surface area contributed by atoms with Gasteiger partial charge in [-0.1, -0.05) is 79.9 Å². The van der Waals surface area contributed by atoms with E-state index in [0.717, 1.165) is 5.75 Å². The summed E-state index contributed by atoms with van der Waals surface area (Å²) in [4.78, 5) is 19.4. The molecule has 2 aromatic carbocycles. The summed E-state index contributed by atoms with van der Waals surface area (Å²) in [6.45, 7) is 0.621. The van der Waals surface area contributed by atoms with Crippen molar-refractivity contribution in [1.82, 2.24) is 9.97 Å². The van der Waals surface area contributed by atoms with E-state index in [-0.39, 0.29) is 10.3 Å². The Kier molecular flexibility index (Phi) is 7.43. The molecule has 6 heteroatoms. The second-order valence-electron chi connectivity index (χ2n) is 8.17. The van der Waals surface area contributed by atoms with Gasteiger partial charge >= 0.3 is 5.97 Å². The standard InChI is InChI=1S/C26H29N3O2S/c30-25(31)23-18-27-19-29-24(23)28-16-17-32-26(20-10-4-1-5-11-20,21-12-6-2-7-13-21)22-14-8-3-9-15-22/h1-2,4-7,10-13,18-19,22H,3,8-9,14-17H2,(H,30,31)(H,27,28,29).